The van der Waals surface area contributed by atoms with Gasteiger partial charge in [-0.15, -0.1) is 11.8 Å². The van der Waals surface area contributed by atoms with Crippen molar-refractivity contribution >= 4 is 10.0 Å². The molecule has 0 fully saturated rings. The number of hydrogen-bond acceptors (Lipinski definition) is 4. The van der Waals surface area contributed by atoms with Crippen LogP contribution in [0.1, 0.15) is 26.0 Å². The lowest BCUT2D eigenvalue weighted by Gasteiger charge is -2.01. The first-order chi connectivity index (χ1) is 8.60. The highest BCUT2D eigenvalue weighted by Gasteiger charge is 2.17. The van der Waals surface area contributed by atoms with Crippen LogP contribution in [0.25, 0.3) is 0 Å². The molecule has 2 N–H and O–H groups in total. The Hall–Kier alpha value is -1.29. The molecule has 100 valence electrons. The Bertz CT molecular complexity index is 523. The van der Waals surface area contributed by atoms with E-state index in [1.54, 1.807) is 13.0 Å². The molecule has 1 heterocycles. The molecule has 0 aliphatic carbocycles. The summed E-state index contributed by atoms with van der Waals surface area (Å²) in [6, 6.07) is 3.11. The molecule has 0 spiro atoms. The van der Waals surface area contributed by atoms with Crippen LogP contribution in [0.15, 0.2) is 21.6 Å². The number of furan rings is 1. The van der Waals surface area contributed by atoms with E-state index in [2.05, 4.69) is 21.9 Å². The second-order valence-corrected chi connectivity index (χ2v) is 5.27. The zero-order chi connectivity index (χ0) is 13.4. The molecule has 0 saturated heterocycles. The maximum absolute atomic E-state index is 11.8. The molecule has 1 aromatic heterocycles. The number of hydrogen-bond donors (Lipinski definition) is 2. The molecule has 5 nitrogen and oxygen atoms in total. The van der Waals surface area contributed by atoms with Gasteiger partial charge in [-0.2, -0.15) is 0 Å². The number of sulfonamides is 1. The van der Waals surface area contributed by atoms with Crippen molar-refractivity contribution in [3.05, 3.63) is 17.9 Å². The van der Waals surface area contributed by atoms with Gasteiger partial charge in [0.1, 0.15) is 5.76 Å². The average molecular weight is 270 g/mol. The molecule has 0 amide bonds. The van der Waals surface area contributed by atoms with Crippen molar-refractivity contribution < 1.29 is 12.8 Å². The largest absolute Gasteiger partial charge is 0.447 e. The Kier molecular flexibility index (Phi) is 5.92. The van der Waals surface area contributed by atoms with Gasteiger partial charge in [0.2, 0.25) is 5.09 Å². The van der Waals surface area contributed by atoms with Crippen LogP contribution in [0, 0.1) is 11.8 Å². The van der Waals surface area contributed by atoms with Gasteiger partial charge >= 0.3 is 0 Å². The van der Waals surface area contributed by atoms with E-state index in [0.29, 0.717) is 18.7 Å². The van der Waals surface area contributed by atoms with E-state index < -0.39 is 10.0 Å². The van der Waals surface area contributed by atoms with Gasteiger partial charge < -0.3 is 9.73 Å². The molecule has 0 unspecified atom stereocenters. The molecule has 0 atom stereocenters. The van der Waals surface area contributed by atoms with E-state index in [9.17, 15) is 8.42 Å². The van der Waals surface area contributed by atoms with Crippen LogP contribution in [0.4, 0.5) is 0 Å². The second kappa shape index (κ2) is 7.21. The summed E-state index contributed by atoms with van der Waals surface area (Å²) in [6.07, 6.45) is 0.487. The third-order valence-electron chi connectivity index (χ3n) is 2.17. The Morgan fingerprint density at radius 3 is 2.83 bits per heavy atom. The monoisotopic (exact) mass is 270 g/mol. The van der Waals surface area contributed by atoms with Crippen molar-refractivity contribution in [3.63, 3.8) is 0 Å². The highest BCUT2D eigenvalue weighted by molar-refractivity contribution is 7.89. The van der Waals surface area contributed by atoms with Gasteiger partial charge in [0.05, 0.1) is 6.54 Å². The Morgan fingerprint density at radius 2 is 2.17 bits per heavy atom. The maximum atomic E-state index is 11.8. The van der Waals surface area contributed by atoms with Gasteiger partial charge in [0.15, 0.2) is 0 Å². The fourth-order valence-electron chi connectivity index (χ4n) is 1.29. The first kappa shape index (κ1) is 14.8. The first-order valence-corrected chi connectivity index (χ1v) is 7.27. The van der Waals surface area contributed by atoms with Gasteiger partial charge in [0, 0.05) is 13.0 Å². The standard InChI is InChI=1S/C12H18N2O3S/c1-3-5-6-9-14-18(15,16)12-8-7-11(17-12)10-13-4-2/h7-8,13-14H,4,6,9-10H2,1-2H3. The molecule has 6 heteroatoms. The smallest absolute Gasteiger partial charge is 0.273 e. The minimum absolute atomic E-state index is 0.0557. The van der Waals surface area contributed by atoms with Crippen LogP contribution in [0.2, 0.25) is 0 Å². The van der Waals surface area contributed by atoms with E-state index in [1.807, 2.05) is 6.92 Å². The zero-order valence-corrected chi connectivity index (χ0v) is 11.4. The van der Waals surface area contributed by atoms with Crippen molar-refractivity contribution in [2.24, 2.45) is 0 Å². The molecule has 1 rings (SSSR count). The molecule has 1 aromatic rings. The molecule has 18 heavy (non-hydrogen) atoms. The quantitative estimate of drug-likeness (QED) is 0.574. The van der Waals surface area contributed by atoms with Crippen molar-refractivity contribution in [3.8, 4) is 11.8 Å². The van der Waals surface area contributed by atoms with E-state index in [0.717, 1.165) is 6.54 Å². The van der Waals surface area contributed by atoms with Crippen molar-refractivity contribution in [2.45, 2.75) is 31.9 Å². The van der Waals surface area contributed by atoms with Gasteiger partial charge in [-0.05, 0) is 25.6 Å². The fourth-order valence-corrected chi connectivity index (χ4v) is 2.27. The first-order valence-electron chi connectivity index (χ1n) is 5.79. The predicted molar refractivity (Wildman–Crippen MR) is 69.3 cm³/mol. The molecule has 0 aromatic carbocycles. The van der Waals surface area contributed by atoms with E-state index in [1.165, 1.54) is 6.07 Å². The Morgan fingerprint density at radius 1 is 1.39 bits per heavy atom. The normalized spacial score (nSPS) is 11.0. The molecule has 0 saturated carbocycles. The number of nitrogens with one attached hydrogen (secondary N) is 2. The highest BCUT2D eigenvalue weighted by Crippen LogP contribution is 2.13. The number of rotatable bonds is 7. The topological polar surface area (TPSA) is 71.3 Å². The van der Waals surface area contributed by atoms with Crippen LogP contribution in [0.5, 0.6) is 0 Å². The van der Waals surface area contributed by atoms with Crippen molar-refractivity contribution in [2.75, 3.05) is 13.1 Å². The third kappa shape index (κ3) is 4.53. The van der Waals surface area contributed by atoms with E-state index in [-0.39, 0.29) is 11.6 Å². The maximum Gasteiger partial charge on any atom is 0.273 e. The fraction of sp³-hybridized carbons (Fsp3) is 0.500. The summed E-state index contributed by atoms with van der Waals surface area (Å²) in [4.78, 5) is 0. The Labute approximate surface area is 108 Å². The summed E-state index contributed by atoms with van der Waals surface area (Å²) in [5.74, 6) is 6.09. The van der Waals surface area contributed by atoms with Crippen LogP contribution >= 0.6 is 0 Å². The summed E-state index contributed by atoms with van der Waals surface area (Å²) in [5, 5.41) is 3.01. The lowest BCUT2D eigenvalue weighted by atomic mass is 10.4. The summed E-state index contributed by atoms with van der Waals surface area (Å²) in [5.41, 5.74) is 0. The summed E-state index contributed by atoms with van der Waals surface area (Å²) >= 11 is 0. The van der Waals surface area contributed by atoms with Gasteiger partial charge in [-0.1, -0.05) is 6.92 Å². The highest BCUT2D eigenvalue weighted by atomic mass is 32.2. The molecular weight excluding hydrogens is 252 g/mol. The summed E-state index contributed by atoms with van der Waals surface area (Å²) < 4.78 is 31.3. The predicted octanol–water partition coefficient (Wildman–Crippen LogP) is 1.08. The van der Waals surface area contributed by atoms with Gasteiger partial charge in [0.25, 0.3) is 10.0 Å². The van der Waals surface area contributed by atoms with Crippen molar-refractivity contribution in [1.82, 2.24) is 10.0 Å². The lowest BCUT2D eigenvalue weighted by Crippen LogP contribution is -2.24. The van der Waals surface area contributed by atoms with Crippen LogP contribution < -0.4 is 10.0 Å². The molecule has 0 bridgehead atoms. The van der Waals surface area contributed by atoms with Crippen LogP contribution in [0.3, 0.4) is 0 Å². The minimum atomic E-state index is -3.56. The minimum Gasteiger partial charge on any atom is -0.447 e. The second-order valence-electron chi connectivity index (χ2n) is 3.58. The SMILES string of the molecule is CC#CCCNS(=O)(=O)c1ccc(CNCC)o1. The van der Waals surface area contributed by atoms with Gasteiger partial charge in [-0.25, -0.2) is 13.1 Å². The van der Waals surface area contributed by atoms with Crippen LogP contribution in [-0.2, 0) is 16.6 Å². The van der Waals surface area contributed by atoms with E-state index in [4.69, 9.17) is 4.42 Å². The summed E-state index contributed by atoms with van der Waals surface area (Å²) in [7, 11) is -3.56. The molecule has 0 radical (unpaired) electrons. The van der Waals surface area contributed by atoms with Crippen molar-refractivity contribution in [1.29, 1.82) is 0 Å². The lowest BCUT2D eigenvalue weighted by molar-refractivity contribution is 0.401. The molecule has 0 aliphatic rings. The van der Waals surface area contributed by atoms with Crippen LogP contribution in [-0.4, -0.2) is 21.5 Å². The average Bonchev–Trinajstić information content (AvgIpc) is 2.81. The van der Waals surface area contributed by atoms with Gasteiger partial charge in [-0.3, -0.25) is 0 Å². The zero-order valence-electron chi connectivity index (χ0n) is 10.6. The Balaban J connectivity index is 2.60. The summed E-state index contributed by atoms with van der Waals surface area (Å²) in [6.45, 7) is 5.29. The molecular formula is C12H18N2O3S. The third-order valence-corrected chi connectivity index (χ3v) is 3.50. The molecule has 0 aliphatic heterocycles. The van der Waals surface area contributed by atoms with E-state index >= 15 is 0 Å².